The van der Waals surface area contributed by atoms with Gasteiger partial charge in [-0.3, -0.25) is 9.59 Å². The predicted octanol–water partition coefficient (Wildman–Crippen LogP) is 1.81. The minimum Gasteiger partial charge on any atom is -0.481 e. The van der Waals surface area contributed by atoms with Crippen LogP contribution in [0.25, 0.3) is 0 Å². The van der Waals surface area contributed by atoms with E-state index in [9.17, 15) is 18.4 Å². The number of carboxylic acids is 1. The molecule has 0 spiro atoms. The first-order valence-corrected chi connectivity index (χ1v) is 6.67. The number of alkyl halides is 2. The van der Waals surface area contributed by atoms with Crippen molar-refractivity contribution in [2.24, 2.45) is 5.92 Å². The van der Waals surface area contributed by atoms with E-state index in [-0.39, 0.29) is 38.4 Å². The molecule has 0 aromatic carbocycles. The van der Waals surface area contributed by atoms with Gasteiger partial charge < -0.3 is 15.2 Å². The maximum atomic E-state index is 13.7. The van der Waals surface area contributed by atoms with Gasteiger partial charge >= 0.3 is 11.9 Å². The molecule has 0 bridgehead atoms. The number of carboxylic acid groups (broad SMARTS) is 1. The van der Waals surface area contributed by atoms with Crippen LogP contribution in [0, 0.1) is 5.92 Å². The molecule has 7 heteroatoms. The number of halogens is 2. The van der Waals surface area contributed by atoms with Gasteiger partial charge in [-0.2, -0.15) is 8.78 Å². The van der Waals surface area contributed by atoms with Crippen molar-refractivity contribution >= 4 is 11.9 Å². The number of ether oxygens (including phenoxy) is 1. The molecule has 0 aliphatic carbocycles. The molecule has 0 atom stereocenters. The molecule has 0 radical (unpaired) electrons. The fourth-order valence-corrected chi connectivity index (χ4v) is 2.34. The Kier molecular flexibility index (Phi) is 5.44. The molecule has 0 aromatic rings. The van der Waals surface area contributed by atoms with Crippen LogP contribution in [0.3, 0.4) is 0 Å². The second-order valence-corrected chi connectivity index (χ2v) is 5.72. The molecular weight excluding hydrogens is 272 g/mol. The summed E-state index contributed by atoms with van der Waals surface area (Å²) in [7, 11) is 0. The Bertz CT molecular complexity index is 365. The van der Waals surface area contributed by atoms with Crippen LogP contribution in [-0.4, -0.2) is 41.7 Å². The Morgan fingerprint density at radius 3 is 2.35 bits per heavy atom. The van der Waals surface area contributed by atoms with E-state index in [0.29, 0.717) is 0 Å². The molecule has 0 aromatic heterocycles. The van der Waals surface area contributed by atoms with Gasteiger partial charge in [-0.15, -0.1) is 0 Å². The highest BCUT2D eigenvalue weighted by molar-refractivity contribution is 5.84. The SMILES string of the molecule is CC(C)CC(F)(F)C(=O)NC1(CC(=O)O)CCOCC1. The summed E-state index contributed by atoms with van der Waals surface area (Å²) in [6.45, 7) is 3.71. The van der Waals surface area contributed by atoms with Gasteiger partial charge in [-0.05, 0) is 18.8 Å². The Hall–Kier alpha value is -1.24. The van der Waals surface area contributed by atoms with Crippen LogP contribution in [0.2, 0.25) is 0 Å². The van der Waals surface area contributed by atoms with Crippen LogP contribution in [0.5, 0.6) is 0 Å². The van der Waals surface area contributed by atoms with E-state index >= 15 is 0 Å². The highest BCUT2D eigenvalue weighted by Gasteiger charge is 2.45. The fraction of sp³-hybridized carbons (Fsp3) is 0.846. The minimum absolute atomic E-state index is 0.225. The summed E-state index contributed by atoms with van der Waals surface area (Å²) in [5.74, 6) is -6.34. The lowest BCUT2D eigenvalue weighted by atomic mass is 9.86. The lowest BCUT2D eigenvalue weighted by Gasteiger charge is -2.37. The number of carbonyl (C=O) groups is 2. The van der Waals surface area contributed by atoms with E-state index in [4.69, 9.17) is 9.84 Å². The maximum Gasteiger partial charge on any atom is 0.324 e. The lowest BCUT2D eigenvalue weighted by Crippen LogP contribution is -2.57. The van der Waals surface area contributed by atoms with E-state index in [1.54, 1.807) is 13.8 Å². The largest absolute Gasteiger partial charge is 0.481 e. The molecule has 1 heterocycles. The standard InChI is InChI=1S/C13H21F2NO4/c1-9(2)7-13(14,15)11(19)16-12(8-10(17)18)3-5-20-6-4-12/h9H,3-8H2,1-2H3,(H,16,19)(H,17,18). The average molecular weight is 293 g/mol. The topological polar surface area (TPSA) is 75.6 Å². The van der Waals surface area contributed by atoms with Gasteiger partial charge in [0, 0.05) is 19.6 Å². The average Bonchev–Trinajstić information content (AvgIpc) is 2.26. The third-order valence-corrected chi connectivity index (χ3v) is 3.32. The van der Waals surface area contributed by atoms with Crippen molar-refractivity contribution in [2.45, 2.75) is 51.0 Å². The molecule has 1 rings (SSSR count). The van der Waals surface area contributed by atoms with E-state index in [1.165, 1.54) is 0 Å². The fourth-order valence-electron chi connectivity index (χ4n) is 2.34. The van der Waals surface area contributed by atoms with Gasteiger partial charge in [-0.1, -0.05) is 13.8 Å². The third-order valence-electron chi connectivity index (χ3n) is 3.32. The minimum atomic E-state index is -3.49. The second-order valence-electron chi connectivity index (χ2n) is 5.72. The van der Waals surface area contributed by atoms with Gasteiger partial charge in [0.05, 0.1) is 12.0 Å². The Morgan fingerprint density at radius 1 is 1.35 bits per heavy atom. The molecule has 1 amide bonds. The molecular formula is C13H21F2NO4. The summed E-state index contributed by atoms with van der Waals surface area (Å²) in [5.41, 5.74) is -1.14. The monoisotopic (exact) mass is 293 g/mol. The molecule has 1 fully saturated rings. The molecule has 0 saturated carbocycles. The van der Waals surface area contributed by atoms with Gasteiger partial charge in [0.15, 0.2) is 0 Å². The normalized spacial score (nSPS) is 18.9. The smallest absolute Gasteiger partial charge is 0.324 e. The summed E-state index contributed by atoms with van der Waals surface area (Å²) in [6.07, 6.45) is -0.482. The highest BCUT2D eigenvalue weighted by Crippen LogP contribution is 2.29. The molecule has 5 nitrogen and oxygen atoms in total. The zero-order valence-electron chi connectivity index (χ0n) is 11.7. The van der Waals surface area contributed by atoms with Crippen molar-refractivity contribution < 1.29 is 28.2 Å². The second kappa shape index (κ2) is 6.47. The summed E-state index contributed by atoms with van der Waals surface area (Å²) in [5, 5.41) is 11.2. The number of hydrogen-bond donors (Lipinski definition) is 2. The molecule has 0 unspecified atom stereocenters. The van der Waals surface area contributed by atoms with Crippen molar-refractivity contribution in [3.05, 3.63) is 0 Å². The Balaban J connectivity index is 2.78. The van der Waals surface area contributed by atoms with Crippen LogP contribution >= 0.6 is 0 Å². The maximum absolute atomic E-state index is 13.7. The first-order chi connectivity index (χ1) is 9.17. The first-order valence-electron chi connectivity index (χ1n) is 6.67. The number of aliphatic carboxylic acids is 1. The molecule has 116 valence electrons. The summed E-state index contributed by atoms with van der Waals surface area (Å²) < 4.78 is 32.6. The van der Waals surface area contributed by atoms with Gasteiger partial charge in [0.2, 0.25) is 0 Å². The third kappa shape index (κ3) is 4.70. The highest BCUT2D eigenvalue weighted by atomic mass is 19.3. The van der Waals surface area contributed by atoms with Crippen molar-refractivity contribution in [1.29, 1.82) is 0 Å². The van der Waals surface area contributed by atoms with E-state index in [1.807, 2.05) is 0 Å². The predicted molar refractivity (Wildman–Crippen MR) is 67.6 cm³/mol. The number of amides is 1. The molecule has 1 aliphatic heterocycles. The van der Waals surface area contributed by atoms with Crippen molar-refractivity contribution in [3.63, 3.8) is 0 Å². The van der Waals surface area contributed by atoms with Crippen molar-refractivity contribution in [3.8, 4) is 0 Å². The molecule has 1 saturated heterocycles. The first kappa shape index (κ1) is 16.8. The Labute approximate surface area is 116 Å². The van der Waals surface area contributed by atoms with E-state index in [2.05, 4.69) is 5.32 Å². The summed E-state index contributed by atoms with van der Waals surface area (Å²) in [6, 6.07) is 0. The van der Waals surface area contributed by atoms with Crippen LogP contribution < -0.4 is 5.32 Å². The molecule has 2 N–H and O–H groups in total. The van der Waals surface area contributed by atoms with Gasteiger partial charge in [-0.25, -0.2) is 0 Å². The Morgan fingerprint density at radius 2 is 1.90 bits per heavy atom. The quantitative estimate of drug-likeness (QED) is 0.783. The van der Waals surface area contributed by atoms with Crippen LogP contribution in [-0.2, 0) is 14.3 Å². The van der Waals surface area contributed by atoms with Gasteiger partial charge in [0.1, 0.15) is 0 Å². The van der Waals surface area contributed by atoms with Crippen LogP contribution in [0.4, 0.5) is 8.78 Å². The zero-order valence-corrected chi connectivity index (χ0v) is 11.7. The van der Waals surface area contributed by atoms with Crippen molar-refractivity contribution in [2.75, 3.05) is 13.2 Å². The zero-order chi connectivity index (χ0) is 15.4. The lowest BCUT2D eigenvalue weighted by molar-refractivity contribution is -0.153. The summed E-state index contributed by atoms with van der Waals surface area (Å²) >= 11 is 0. The summed E-state index contributed by atoms with van der Waals surface area (Å²) in [4.78, 5) is 22.7. The van der Waals surface area contributed by atoms with Crippen LogP contribution in [0.15, 0.2) is 0 Å². The number of hydrogen-bond acceptors (Lipinski definition) is 3. The van der Waals surface area contributed by atoms with Crippen LogP contribution in [0.1, 0.15) is 39.5 Å². The van der Waals surface area contributed by atoms with Crippen molar-refractivity contribution in [1.82, 2.24) is 5.32 Å². The number of rotatable bonds is 6. The van der Waals surface area contributed by atoms with Gasteiger partial charge in [0.25, 0.3) is 5.91 Å². The van der Waals surface area contributed by atoms with E-state index in [0.717, 1.165) is 0 Å². The van der Waals surface area contributed by atoms with E-state index < -0.39 is 29.8 Å². The molecule has 1 aliphatic rings. The molecule has 20 heavy (non-hydrogen) atoms. The number of carbonyl (C=O) groups excluding carboxylic acids is 1. The number of nitrogens with one attached hydrogen (secondary N) is 1.